The molecule has 4 aromatic rings. The van der Waals surface area contributed by atoms with Crippen LogP contribution in [0.1, 0.15) is 5.56 Å². The van der Waals surface area contributed by atoms with Crippen molar-refractivity contribution in [2.75, 3.05) is 7.11 Å². The molecule has 1 heterocycles. The first-order valence-electron chi connectivity index (χ1n) is 9.90. The molecule has 0 saturated heterocycles. The van der Waals surface area contributed by atoms with Crippen LogP contribution in [0.2, 0.25) is 5.02 Å². The maximum atomic E-state index is 13.4. The van der Waals surface area contributed by atoms with E-state index in [-0.39, 0.29) is 10.5 Å². The molecule has 0 spiro atoms. The first-order chi connectivity index (χ1) is 15.9. The Kier molecular flexibility index (Phi) is 6.39. The van der Waals surface area contributed by atoms with E-state index in [9.17, 15) is 9.90 Å². The van der Waals surface area contributed by atoms with Crippen LogP contribution in [-0.2, 0) is 0 Å². The van der Waals surface area contributed by atoms with Gasteiger partial charge in [-0.1, -0.05) is 41.9 Å². The summed E-state index contributed by atoms with van der Waals surface area (Å²) < 4.78 is 7.79. The Labute approximate surface area is 199 Å². The molecule has 0 radical (unpaired) electrons. The van der Waals surface area contributed by atoms with Gasteiger partial charge in [0.25, 0.3) is 5.56 Å². The highest BCUT2D eigenvalue weighted by Crippen LogP contribution is 2.32. The fraction of sp³-hybridized carbons (Fsp3) is 0.0833. The summed E-state index contributed by atoms with van der Waals surface area (Å²) >= 11 is 12.0. The molecule has 0 aliphatic heterocycles. The molecular formula is C24H19ClN4O3S. The lowest BCUT2D eigenvalue weighted by atomic mass is 10.2. The predicted molar refractivity (Wildman–Crippen MR) is 131 cm³/mol. The molecule has 7 nitrogen and oxygen atoms in total. The quantitative estimate of drug-likeness (QED) is 0.264. The average molecular weight is 479 g/mol. The van der Waals surface area contributed by atoms with Gasteiger partial charge in [0.05, 0.1) is 29.2 Å². The fourth-order valence-corrected chi connectivity index (χ4v) is 3.85. The van der Waals surface area contributed by atoms with E-state index in [1.165, 1.54) is 9.13 Å². The molecule has 0 fully saturated rings. The van der Waals surface area contributed by atoms with Gasteiger partial charge in [-0.3, -0.25) is 13.9 Å². The summed E-state index contributed by atoms with van der Waals surface area (Å²) in [7, 11) is 1.55. The normalized spacial score (nSPS) is 11.1. The molecule has 0 amide bonds. The molecule has 1 aromatic heterocycles. The summed E-state index contributed by atoms with van der Waals surface area (Å²) in [6.07, 6.45) is 0. The zero-order valence-corrected chi connectivity index (χ0v) is 19.3. The van der Waals surface area contributed by atoms with Crippen LogP contribution in [0.25, 0.3) is 11.4 Å². The van der Waals surface area contributed by atoms with Crippen LogP contribution in [0.4, 0.5) is 11.4 Å². The van der Waals surface area contributed by atoms with Crippen molar-refractivity contribution in [3.8, 4) is 23.0 Å². The van der Waals surface area contributed by atoms with Gasteiger partial charge >= 0.3 is 0 Å². The molecular weight excluding hydrogens is 460 g/mol. The molecule has 3 aromatic carbocycles. The summed E-state index contributed by atoms with van der Waals surface area (Å²) in [6.45, 7) is 1.88. The fourth-order valence-electron chi connectivity index (χ4n) is 3.26. The standard InChI is InChI=1S/C24H19ClN4O3S/c1-15-7-3-5-9-19(15)26-27-21-22(30)28(16-11-13-17(32-2)14-12-16)24(33)29(23(21)31)20-10-6-4-8-18(20)25/h3-14,31H,1-2H3. The molecule has 0 atom stereocenters. The van der Waals surface area contributed by atoms with Gasteiger partial charge in [-0.25, -0.2) is 0 Å². The van der Waals surface area contributed by atoms with Gasteiger partial charge in [0, 0.05) is 0 Å². The number of azo groups is 1. The Morgan fingerprint density at radius 2 is 1.61 bits per heavy atom. The molecule has 0 saturated carbocycles. The van der Waals surface area contributed by atoms with Gasteiger partial charge < -0.3 is 9.84 Å². The van der Waals surface area contributed by atoms with Crippen LogP contribution < -0.4 is 10.3 Å². The number of halogens is 1. The lowest BCUT2D eigenvalue weighted by Crippen LogP contribution is -2.23. The number of methoxy groups -OCH3 is 1. The molecule has 0 bridgehead atoms. The number of hydrogen-bond acceptors (Lipinski definition) is 6. The minimum atomic E-state index is -0.622. The Morgan fingerprint density at radius 1 is 0.939 bits per heavy atom. The highest BCUT2D eigenvalue weighted by atomic mass is 35.5. The van der Waals surface area contributed by atoms with Crippen molar-refractivity contribution in [2.24, 2.45) is 10.2 Å². The van der Waals surface area contributed by atoms with Crippen LogP contribution in [0, 0.1) is 11.7 Å². The molecule has 4 rings (SSSR count). The number of ether oxygens (including phenoxy) is 1. The van der Waals surface area contributed by atoms with Gasteiger partial charge in [0.2, 0.25) is 11.6 Å². The molecule has 0 aliphatic carbocycles. The van der Waals surface area contributed by atoms with Gasteiger partial charge in [-0.05, 0) is 67.2 Å². The highest BCUT2D eigenvalue weighted by Gasteiger charge is 2.20. The third-order valence-corrected chi connectivity index (χ3v) is 5.69. The SMILES string of the molecule is COc1ccc(-n2c(=O)c(N=Nc3ccccc3C)c(O)n(-c3ccccc3Cl)c2=S)cc1. The number of nitrogens with zero attached hydrogens (tertiary/aromatic N) is 4. The topological polar surface area (TPSA) is 81.1 Å². The number of aromatic hydroxyl groups is 1. The number of benzene rings is 3. The number of rotatable bonds is 5. The van der Waals surface area contributed by atoms with Crippen molar-refractivity contribution < 1.29 is 9.84 Å². The number of hydrogen-bond donors (Lipinski definition) is 1. The summed E-state index contributed by atoms with van der Waals surface area (Å²) in [5.41, 5.74) is 1.41. The number of para-hydroxylation sites is 1. The van der Waals surface area contributed by atoms with Crippen molar-refractivity contribution in [1.29, 1.82) is 0 Å². The third-order valence-electron chi connectivity index (χ3n) is 5.01. The average Bonchev–Trinajstić information content (AvgIpc) is 2.82. The maximum Gasteiger partial charge on any atom is 0.290 e. The minimum absolute atomic E-state index is 0.0191. The van der Waals surface area contributed by atoms with Crippen molar-refractivity contribution in [1.82, 2.24) is 9.13 Å². The summed E-state index contributed by atoms with van der Waals surface area (Å²) in [4.78, 5) is 13.4. The number of aromatic nitrogens is 2. The van der Waals surface area contributed by atoms with E-state index in [1.54, 1.807) is 61.7 Å². The largest absolute Gasteiger partial charge is 0.497 e. The van der Waals surface area contributed by atoms with E-state index in [0.717, 1.165) is 5.56 Å². The Hall–Kier alpha value is -3.75. The second-order valence-electron chi connectivity index (χ2n) is 7.07. The van der Waals surface area contributed by atoms with E-state index >= 15 is 0 Å². The molecule has 0 unspecified atom stereocenters. The van der Waals surface area contributed by atoms with Crippen molar-refractivity contribution in [2.45, 2.75) is 6.92 Å². The van der Waals surface area contributed by atoms with Crippen LogP contribution >= 0.6 is 23.8 Å². The number of aryl methyl sites for hydroxylation is 1. The van der Waals surface area contributed by atoms with Gasteiger partial charge in [0.15, 0.2) is 4.77 Å². The summed E-state index contributed by atoms with van der Waals surface area (Å²) in [6, 6.07) is 21.0. The lowest BCUT2D eigenvalue weighted by Gasteiger charge is -2.17. The summed E-state index contributed by atoms with van der Waals surface area (Å²) in [5.74, 6) is 0.162. The Balaban J connectivity index is 2.03. The van der Waals surface area contributed by atoms with Crippen LogP contribution in [-0.4, -0.2) is 21.4 Å². The Bertz CT molecular complexity index is 1480. The third kappa shape index (κ3) is 4.30. The van der Waals surface area contributed by atoms with Gasteiger partial charge in [-0.15, -0.1) is 10.2 Å². The first kappa shape index (κ1) is 22.4. The molecule has 0 aliphatic rings. The molecule has 166 valence electrons. The van der Waals surface area contributed by atoms with Gasteiger partial charge in [-0.2, -0.15) is 0 Å². The van der Waals surface area contributed by atoms with Crippen molar-refractivity contribution in [3.63, 3.8) is 0 Å². The Morgan fingerprint density at radius 3 is 2.27 bits per heavy atom. The molecule has 9 heteroatoms. The smallest absolute Gasteiger partial charge is 0.290 e. The van der Waals surface area contributed by atoms with Crippen LogP contribution in [0.5, 0.6) is 11.6 Å². The second-order valence-corrected chi connectivity index (χ2v) is 7.84. The van der Waals surface area contributed by atoms with Crippen LogP contribution in [0.3, 0.4) is 0 Å². The zero-order chi connectivity index (χ0) is 23.5. The summed E-state index contributed by atoms with van der Waals surface area (Å²) in [5, 5.41) is 19.7. The van der Waals surface area contributed by atoms with E-state index < -0.39 is 11.4 Å². The van der Waals surface area contributed by atoms with Gasteiger partial charge in [0.1, 0.15) is 5.75 Å². The van der Waals surface area contributed by atoms with Crippen LogP contribution in [0.15, 0.2) is 87.8 Å². The lowest BCUT2D eigenvalue weighted by molar-refractivity contribution is 0.414. The van der Waals surface area contributed by atoms with E-state index in [1.807, 2.05) is 25.1 Å². The second kappa shape index (κ2) is 9.40. The zero-order valence-electron chi connectivity index (χ0n) is 17.8. The van der Waals surface area contributed by atoms with E-state index in [4.69, 9.17) is 28.6 Å². The van der Waals surface area contributed by atoms with E-state index in [0.29, 0.717) is 27.8 Å². The molecule has 33 heavy (non-hydrogen) atoms. The monoisotopic (exact) mass is 478 g/mol. The van der Waals surface area contributed by atoms with Crippen molar-refractivity contribution in [3.05, 3.63) is 98.5 Å². The minimum Gasteiger partial charge on any atom is -0.497 e. The highest BCUT2D eigenvalue weighted by molar-refractivity contribution is 7.71. The molecule has 1 N–H and O–H groups in total. The predicted octanol–water partition coefficient (Wildman–Crippen LogP) is 6.45. The van der Waals surface area contributed by atoms with Crippen molar-refractivity contribution >= 4 is 35.2 Å². The maximum absolute atomic E-state index is 13.4. The first-order valence-corrected chi connectivity index (χ1v) is 10.7. The van der Waals surface area contributed by atoms with E-state index in [2.05, 4.69) is 10.2 Å².